The zero-order valence-corrected chi connectivity index (χ0v) is 10.6. The Morgan fingerprint density at radius 3 is 2.47 bits per heavy atom. The number of hydrogen-bond donors (Lipinski definition) is 3. The van der Waals surface area contributed by atoms with Gasteiger partial charge in [0, 0.05) is 4.47 Å². The van der Waals surface area contributed by atoms with Crippen molar-refractivity contribution >= 4 is 39.9 Å². The highest BCUT2D eigenvalue weighted by Gasteiger charge is 1.97. The van der Waals surface area contributed by atoms with E-state index in [0.29, 0.717) is 6.54 Å². The Balaban J connectivity index is 0.00000196. The van der Waals surface area contributed by atoms with Crippen molar-refractivity contribution in [2.24, 2.45) is 0 Å². The first-order valence-electron chi connectivity index (χ1n) is 4.17. The number of nitrogens with one attached hydrogen (secondary N) is 3. The average Bonchev–Trinajstić information content (AvgIpc) is 2.17. The van der Waals surface area contributed by atoms with Crippen LogP contribution in [0.15, 0.2) is 28.7 Å². The van der Waals surface area contributed by atoms with Gasteiger partial charge in [-0.05, 0) is 31.3 Å². The second-order valence-electron chi connectivity index (χ2n) is 2.71. The summed E-state index contributed by atoms with van der Waals surface area (Å²) >= 11 is 3.33. The molecule has 84 valence electrons. The summed E-state index contributed by atoms with van der Waals surface area (Å²) < 4.78 is 1.00. The minimum atomic E-state index is -0.101. The molecule has 0 radical (unpaired) electrons. The molecule has 15 heavy (non-hydrogen) atoms. The lowest BCUT2D eigenvalue weighted by Crippen LogP contribution is -2.35. The maximum absolute atomic E-state index is 11.0. The van der Waals surface area contributed by atoms with E-state index in [1.807, 2.05) is 24.3 Å². The summed E-state index contributed by atoms with van der Waals surface area (Å²) in [5, 5.41) is 2.75. The Kier molecular flexibility index (Phi) is 7.11. The molecule has 6 heteroatoms. The third kappa shape index (κ3) is 5.61. The van der Waals surface area contributed by atoms with E-state index in [4.69, 9.17) is 0 Å². The summed E-state index contributed by atoms with van der Waals surface area (Å²) in [6.07, 6.45) is 0. The monoisotopic (exact) mass is 293 g/mol. The Morgan fingerprint density at radius 2 is 1.93 bits per heavy atom. The molecule has 0 aliphatic rings. The molecule has 0 heterocycles. The number of carbonyl (C=O) groups is 1. The van der Waals surface area contributed by atoms with Crippen LogP contribution in [0.4, 0.5) is 5.69 Å². The number of carbonyl (C=O) groups excluding carboxylic acids is 1. The summed E-state index contributed by atoms with van der Waals surface area (Å²) in [4.78, 5) is 11.0. The summed E-state index contributed by atoms with van der Waals surface area (Å²) in [7, 11) is 1.72. The number of hydrogen-bond acceptors (Lipinski definition) is 3. The van der Waals surface area contributed by atoms with Crippen LogP contribution >= 0.6 is 28.3 Å². The van der Waals surface area contributed by atoms with Gasteiger partial charge >= 0.3 is 0 Å². The Labute approximate surface area is 103 Å². The maximum Gasteiger partial charge on any atom is 0.252 e. The first-order chi connectivity index (χ1) is 6.72. The number of amides is 1. The van der Waals surface area contributed by atoms with Crippen molar-refractivity contribution in [2.45, 2.75) is 0 Å². The van der Waals surface area contributed by atoms with Gasteiger partial charge in [0.1, 0.15) is 0 Å². The standard InChI is InChI=1S/C9H12BrN3O.ClH/c1-11-6-9(14)13-12-8-4-2-7(10)3-5-8;/h2-5,11-12H,6H2,1H3,(H,13,14);1H. The molecule has 0 saturated carbocycles. The van der Waals surface area contributed by atoms with Crippen molar-refractivity contribution in [3.63, 3.8) is 0 Å². The van der Waals surface area contributed by atoms with Crippen molar-refractivity contribution in [3.05, 3.63) is 28.7 Å². The maximum atomic E-state index is 11.0. The van der Waals surface area contributed by atoms with Crippen LogP contribution in [-0.2, 0) is 4.79 Å². The minimum absolute atomic E-state index is 0. The molecule has 3 N–H and O–H groups in total. The molecular weight excluding hydrogens is 281 g/mol. The van der Waals surface area contributed by atoms with Crippen LogP contribution in [0.3, 0.4) is 0 Å². The lowest BCUT2D eigenvalue weighted by atomic mass is 10.3. The van der Waals surface area contributed by atoms with E-state index < -0.39 is 0 Å². The summed E-state index contributed by atoms with van der Waals surface area (Å²) in [5.74, 6) is -0.101. The molecule has 1 aromatic carbocycles. The molecule has 0 atom stereocenters. The number of halogens is 2. The topological polar surface area (TPSA) is 53.2 Å². The molecule has 1 rings (SSSR count). The number of hydrazine groups is 1. The first-order valence-corrected chi connectivity index (χ1v) is 4.96. The van der Waals surface area contributed by atoms with Crippen LogP contribution in [0.1, 0.15) is 0 Å². The van der Waals surface area contributed by atoms with Gasteiger partial charge < -0.3 is 5.32 Å². The van der Waals surface area contributed by atoms with Crippen LogP contribution in [-0.4, -0.2) is 19.5 Å². The van der Waals surface area contributed by atoms with Gasteiger partial charge in [0.2, 0.25) is 0 Å². The van der Waals surface area contributed by atoms with E-state index in [9.17, 15) is 4.79 Å². The average molecular weight is 295 g/mol. The van der Waals surface area contributed by atoms with Crippen LogP contribution in [0.25, 0.3) is 0 Å². The van der Waals surface area contributed by atoms with Gasteiger partial charge in [-0.1, -0.05) is 15.9 Å². The lowest BCUT2D eigenvalue weighted by molar-refractivity contribution is -0.119. The number of anilines is 1. The zero-order chi connectivity index (χ0) is 10.4. The quantitative estimate of drug-likeness (QED) is 0.738. The van der Waals surface area contributed by atoms with E-state index in [1.54, 1.807) is 7.05 Å². The van der Waals surface area contributed by atoms with E-state index in [0.717, 1.165) is 10.2 Å². The highest BCUT2D eigenvalue weighted by Crippen LogP contribution is 2.12. The third-order valence-electron chi connectivity index (χ3n) is 1.53. The zero-order valence-electron chi connectivity index (χ0n) is 8.21. The van der Waals surface area contributed by atoms with E-state index >= 15 is 0 Å². The molecule has 0 aliphatic heterocycles. The van der Waals surface area contributed by atoms with Gasteiger partial charge in [-0.15, -0.1) is 12.4 Å². The number of rotatable bonds is 4. The third-order valence-corrected chi connectivity index (χ3v) is 2.06. The van der Waals surface area contributed by atoms with Gasteiger partial charge in [0.05, 0.1) is 12.2 Å². The molecule has 1 amide bonds. The molecule has 0 aromatic heterocycles. The largest absolute Gasteiger partial charge is 0.311 e. The lowest BCUT2D eigenvalue weighted by Gasteiger charge is -2.07. The van der Waals surface area contributed by atoms with E-state index in [1.165, 1.54) is 0 Å². The van der Waals surface area contributed by atoms with Crippen molar-refractivity contribution in [2.75, 3.05) is 19.0 Å². The van der Waals surface area contributed by atoms with Crippen LogP contribution < -0.4 is 16.2 Å². The normalized spacial score (nSPS) is 8.93. The highest BCUT2D eigenvalue weighted by molar-refractivity contribution is 9.10. The fourth-order valence-corrected chi connectivity index (χ4v) is 1.14. The fourth-order valence-electron chi connectivity index (χ4n) is 0.880. The molecule has 1 aromatic rings. The molecular formula is C9H13BrClN3O. The predicted molar refractivity (Wildman–Crippen MR) is 67.1 cm³/mol. The van der Waals surface area contributed by atoms with Crippen molar-refractivity contribution in [3.8, 4) is 0 Å². The van der Waals surface area contributed by atoms with E-state index in [-0.39, 0.29) is 18.3 Å². The van der Waals surface area contributed by atoms with Crippen molar-refractivity contribution in [1.82, 2.24) is 10.7 Å². The SMILES string of the molecule is CNCC(=O)NNc1ccc(Br)cc1.Cl. The smallest absolute Gasteiger partial charge is 0.252 e. The fraction of sp³-hybridized carbons (Fsp3) is 0.222. The molecule has 0 bridgehead atoms. The van der Waals surface area contributed by atoms with Crippen molar-refractivity contribution in [1.29, 1.82) is 0 Å². The molecule has 4 nitrogen and oxygen atoms in total. The number of likely N-dealkylation sites (N-methyl/N-ethyl adjacent to an activating group) is 1. The minimum Gasteiger partial charge on any atom is -0.311 e. The molecule has 0 spiro atoms. The van der Waals surface area contributed by atoms with Crippen LogP contribution in [0.2, 0.25) is 0 Å². The Bertz CT molecular complexity index is 305. The Hall–Kier alpha value is -0.780. The second-order valence-corrected chi connectivity index (χ2v) is 3.63. The predicted octanol–water partition coefficient (Wildman–Crippen LogP) is 1.53. The number of benzene rings is 1. The van der Waals surface area contributed by atoms with Crippen LogP contribution in [0, 0.1) is 0 Å². The molecule has 0 unspecified atom stereocenters. The van der Waals surface area contributed by atoms with Crippen LogP contribution in [0.5, 0.6) is 0 Å². The van der Waals surface area contributed by atoms with Gasteiger partial charge in [0.15, 0.2) is 0 Å². The van der Waals surface area contributed by atoms with Gasteiger partial charge in [-0.25, -0.2) is 0 Å². The summed E-state index contributed by atoms with van der Waals surface area (Å²) in [5.41, 5.74) is 6.19. The molecule has 0 saturated heterocycles. The van der Waals surface area contributed by atoms with Gasteiger partial charge in [-0.3, -0.25) is 15.6 Å². The molecule has 0 aliphatic carbocycles. The summed E-state index contributed by atoms with van der Waals surface area (Å²) in [6.45, 7) is 0.295. The second kappa shape index (κ2) is 7.50. The molecule has 0 fully saturated rings. The van der Waals surface area contributed by atoms with Gasteiger partial charge in [-0.2, -0.15) is 0 Å². The van der Waals surface area contributed by atoms with Crippen molar-refractivity contribution < 1.29 is 4.79 Å². The van der Waals surface area contributed by atoms with E-state index in [2.05, 4.69) is 32.1 Å². The summed E-state index contributed by atoms with van der Waals surface area (Å²) in [6, 6.07) is 7.52. The van der Waals surface area contributed by atoms with Gasteiger partial charge in [0.25, 0.3) is 5.91 Å². The Morgan fingerprint density at radius 1 is 1.33 bits per heavy atom. The first kappa shape index (κ1) is 14.2. The highest BCUT2D eigenvalue weighted by atomic mass is 79.9.